The maximum atomic E-state index is 13.0. The molecule has 1 aliphatic heterocycles. The Hall–Kier alpha value is -2.94. The number of carbonyl (C=O) groups excluding carboxylic acids is 1. The van der Waals surface area contributed by atoms with E-state index in [-0.39, 0.29) is 23.5 Å². The summed E-state index contributed by atoms with van der Waals surface area (Å²) in [4.78, 5) is 13.0. The predicted molar refractivity (Wildman–Crippen MR) is 114 cm³/mol. The molecule has 1 N–H and O–H groups in total. The van der Waals surface area contributed by atoms with Crippen molar-refractivity contribution in [1.29, 1.82) is 0 Å². The molecule has 0 bridgehead atoms. The summed E-state index contributed by atoms with van der Waals surface area (Å²) < 4.78 is 37.8. The van der Waals surface area contributed by atoms with Gasteiger partial charge in [0, 0.05) is 18.8 Å². The fourth-order valence-corrected chi connectivity index (χ4v) is 4.86. The van der Waals surface area contributed by atoms with Gasteiger partial charge in [0.2, 0.25) is 10.0 Å². The molecule has 7 nitrogen and oxygen atoms in total. The molecule has 8 heteroatoms. The molecule has 3 aromatic carbocycles. The van der Waals surface area contributed by atoms with Gasteiger partial charge in [-0.15, -0.1) is 0 Å². The summed E-state index contributed by atoms with van der Waals surface area (Å²) in [6.45, 7) is 1.27. The highest BCUT2D eigenvalue weighted by Gasteiger charge is 2.28. The lowest BCUT2D eigenvalue weighted by molar-refractivity contribution is 0.0730. The lowest BCUT2D eigenvalue weighted by atomic mass is 10.1. The first-order chi connectivity index (χ1) is 14.5. The van der Waals surface area contributed by atoms with E-state index >= 15 is 0 Å². The Morgan fingerprint density at radius 2 is 1.73 bits per heavy atom. The summed E-state index contributed by atoms with van der Waals surface area (Å²) in [7, 11) is -2.28. The second-order valence-electron chi connectivity index (χ2n) is 6.89. The standard InChI is InChI=1S/C22H22N2O5S/c1-28-21-9-8-19(30(26,27)24-10-12-29-13-11-24)15-20(21)22(25)23-18-7-6-16-4-2-3-5-17(16)14-18/h2-9,14-15H,10-13H2,1H3,(H,23,25). The zero-order valence-corrected chi connectivity index (χ0v) is 17.3. The van der Waals surface area contributed by atoms with E-state index in [4.69, 9.17) is 9.47 Å². The predicted octanol–water partition coefficient (Wildman–Crippen LogP) is 3.12. The molecule has 0 radical (unpaired) electrons. The van der Waals surface area contributed by atoms with Crippen LogP contribution in [-0.4, -0.2) is 52.0 Å². The number of nitrogens with one attached hydrogen (secondary N) is 1. The van der Waals surface area contributed by atoms with Crippen molar-refractivity contribution < 1.29 is 22.7 Å². The van der Waals surface area contributed by atoms with Crippen molar-refractivity contribution in [3.05, 3.63) is 66.2 Å². The Labute approximate surface area is 175 Å². The van der Waals surface area contributed by atoms with Crippen molar-refractivity contribution in [1.82, 2.24) is 4.31 Å². The van der Waals surface area contributed by atoms with Gasteiger partial charge in [0.1, 0.15) is 5.75 Å². The van der Waals surface area contributed by atoms with Gasteiger partial charge in [0.05, 0.1) is 30.8 Å². The summed E-state index contributed by atoms with van der Waals surface area (Å²) in [5.41, 5.74) is 0.766. The summed E-state index contributed by atoms with van der Waals surface area (Å²) in [6, 6.07) is 17.7. The first kappa shape index (κ1) is 20.3. The van der Waals surface area contributed by atoms with Gasteiger partial charge in [-0.2, -0.15) is 4.31 Å². The van der Waals surface area contributed by atoms with Crippen molar-refractivity contribution in [2.24, 2.45) is 0 Å². The van der Waals surface area contributed by atoms with Crippen LogP contribution in [0.15, 0.2) is 65.6 Å². The number of amides is 1. The van der Waals surface area contributed by atoms with E-state index in [1.54, 1.807) is 6.07 Å². The van der Waals surface area contributed by atoms with E-state index in [0.717, 1.165) is 10.8 Å². The van der Waals surface area contributed by atoms with Crippen LogP contribution in [0.2, 0.25) is 0 Å². The van der Waals surface area contributed by atoms with E-state index in [1.807, 2.05) is 36.4 Å². The minimum absolute atomic E-state index is 0.0499. The molecule has 1 aliphatic rings. The molecule has 0 spiro atoms. The van der Waals surface area contributed by atoms with E-state index in [9.17, 15) is 13.2 Å². The zero-order chi connectivity index (χ0) is 21.1. The number of methoxy groups -OCH3 is 1. The highest BCUT2D eigenvalue weighted by Crippen LogP contribution is 2.27. The van der Waals surface area contributed by atoms with Crippen LogP contribution in [0.4, 0.5) is 5.69 Å². The molecule has 1 fully saturated rings. The SMILES string of the molecule is COc1ccc(S(=O)(=O)N2CCOCC2)cc1C(=O)Nc1ccc2ccccc2c1. The molecule has 3 aromatic rings. The quantitative estimate of drug-likeness (QED) is 0.678. The van der Waals surface area contributed by atoms with Gasteiger partial charge in [0.25, 0.3) is 5.91 Å². The van der Waals surface area contributed by atoms with Crippen molar-refractivity contribution in [3.8, 4) is 5.75 Å². The highest BCUT2D eigenvalue weighted by molar-refractivity contribution is 7.89. The molecule has 0 unspecified atom stereocenters. The minimum Gasteiger partial charge on any atom is -0.496 e. The van der Waals surface area contributed by atoms with Crippen LogP contribution in [0, 0.1) is 0 Å². The largest absolute Gasteiger partial charge is 0.496 e. The number of morpholine rings is 1. The van der Waals surface area contributed by atoms with Gasteiger partial charge in [-0.3, -0.25) is 4.79 Å². The summed E-state index contributed by atoms with van der Waals surface area (Å²) >= 11 is 0. The number of hydrogen-bond acceptors (Lipinski definition) is 5. The third-order valence-corrected chi connectivity index (χ3v) is 6.93. The number of benzene rings is 3. The number of sulfonamides is 1. The molecule has 0 saturated carbocycles. The molecule has 30 heavy (non-hydrogen) atoms. The Morgan fingerprint density at radius 3 is 2.47 bits per heavy atom. The van der Waals surface area contributed by atoms with E-state index in [0.29, 0.717) is 24.7 Å². The molecule has 1 saturated heterocycles. The Morgan fingerprint density at radius 1 is 1.00 bits per heavy atom. The van der Waals surface area contributed by atoms with Gasteiger partial charge in [-0.05, 0) is 41.1 Å². The van der Waals surface area contributed by atoms with Crippen LogP contribution in [0.5, 0.6) is 5.75 Å². The first-order valence-electron chi connectivity index (χ1n) is 9.55. The summed E-state index contributed by atoms with van der Waals surface area (Å²) in [5, 5.41) is 4.89. The van der Waals surface area contributed by atoms with Crippen LogP contribution < -0.4 is 10.1 Å². The Balaban J connectivity index is 1.64. The number of hydrogen-bond donors (Lipinski definition) is 1. The third kappa shape index (κ3) is 4.02. The molecule has 1 heterocycles. The number of carbonyl (C=O) groups is 1. The van der Waals surface area contributed by atoms with Crippen molar-refractivity contribution >= 4 is 32.4 Å². The maximum Gasteiger partial charge on any atom is 0.259 e. The highest BCUT2D eigenvalue weighted by atomic mass is 32.2. The van der Waals surface area contributed by atoms with Crippen LogP contribution in [0.3, 0.4) is 0 Å². The van der Waals surface area contributed by atoms with Crippen LogP contribution >= 0.6 is 0 Å². The van der Waals surface area contributed by atoms with E-state index in [2.05, 4.69) is 5.32 Å². The van der Waals surface area contributed by atoms with Gasteiger partial charge >= 0.3 is 0 Å². The molecule has 0 aromatic heterocycles. The molecule has 4 rings (SSSR count). The lowest BCUT2D eigenvalue weighted by Crippen LogP contribution is -2.40. The first-order valence-corrected chi connectivity index (χ1v) is 11.0. The minimum atomic E-state index is -3.73. The molecular weight excluding hydrogens is 404 g/mol. The number of fused-ring (bicyclic) bond motifs is 1. The van der Waals surface area contributed by atoms with E-state index < -0.39 is 15.9 Å². The summed E-state index contributed by atoms with van der Waals surface area (Å²) in [5.74, 6) is -0.143. The monoisotopic (exact) mass is 426 g/mol. The Bertz CT molecular complexity index is 1190. The number of ether oxygens (including phenoxy) is 2. The average Bonchev–Trinajstić information content (AvgIpc) is 2.79. The molecule has 156 valence electrons. The second-order valence-corrected chi connectivity index (χ2v) is 8.83. The Kier molecular flexibility index (Phi) is 5.72. The van der Waals surface area contributed by atoms with Crippen LogP contribution in [0.25, 0.3) is 10.8 Å². The van der Waals surface area contributed by atoms with Gasteiger partial charge in [0.15, 0.2) is 0 Å². The molecular formula is C22H22N2O5S. The number of nitrogens with zero attached hydrogens (tertiary/aromatic N) is 1. The molecule has 1 amide bonds. The van der Waals surface area contributed by atoms with Gasteiger partial charge in [-0.25, -0.2) is 8.42 Å². The average molecular weight is 426 g/mol. The van der Waals surface area contributed by atoms with E-state index in [1.165, 1.54) is 29.6 Å². The van der Waals surface area contributed by atoms with Gasteiger partial charge in [-0.1, -0.05) is 30.3 Å². The van der Waals surface area contributed by atoms with Crippen molar-refractivity contribution in [2.45, 2.75) is 4.90 Å². The lowest BCUT2D eigenvalue weighted by Gasteiger charge is -2.26. The zero-order valence-electron chi connectivity index (χ0n) is 16.5. The normalized spacial score (nSPS) is 15.1. The second kappa shape index (κ2) is 8.43. The van der Waals surface area contributed by atoms with Crippen LogP contribution in [-0.2, 0) is 14.8 Å². The number of anilines is 1. The fourth-order valence-electron chi connectivity index (χ4n) is 3.43. The van der Waals surface area contributed by atoms with Crippen LogP contribution in [0.1, 0.15) is 10.4 Å². The smallest absolute Gasteiger partial charge is 0.259 e. The summed E-state index contributed by atoms with van der Waals surface area (Å²) in [6.07, 6.45) is 0. The number of rotatable bonds is 5. The van der Waals surface area contributed by atoms with Crippen molar-refractivity contribution in [3.63, 3.8) is 0 Å². The van der Waals surface area contributed by atoms with Gasteiger partial charge < -0.3 is 14.8 Å². The third-order valence-electron chi connectivity index (χ3n) is 5.03. The van der Waals surface area contributed by atoms with Crippen molar-refractivity contribution in [2.75, 3.05) is 38.7 Å². The topological polar surface area (TPSA) is 84.9 Å². The maximum absolute atomic E-state index is 13.0. The fraction of sp³-hybridized carbons (Fsp3) is 0.227. The molecule has 0 atom stereocenters. The molecule has 0 aliphatic carbocycles.